The Hall–Kier alpha value is -2.05. The number of thioether (sulfide) groups is 1. The molecule has 2 aromatic rings. The maximum absolute atomic E-state index is 14.3. The van der Waals surface area contributed by atoms with Gasteiger partial charge < -0.3 is 9.80 Å². The van der Waals surface area contributed by atoms with E-state index in [1.165, 1.54) is 24.8 Å². The highest BCUT2D eigenvalue weighted by atomic mass is 35.5. The Bertz CT molecular complexity index is 836. The van der Waals surface area contributed by atoms with Gasteiger partial charge in [0.25, 0.3) is 0 Å². The summed E-state index contributed by atoms with van der Waals surface area (Å²) in [6, 6.07) is 12.0. The van der Waals surface area contributed by atoms with Gasteiger partial charge in [0, 0.05) is 41.7 Å². The lowest BCUT2D eigenvalue weighted by atomic mass is 10.1. The number of piperazine rings is 1. The minimum Gasteiger partial charge on any atom is -0.366 e. The van der Waals surface area contributed by atoms with Crippen LogP contribution in [0.4, 0.5) is 10.1 Å². The predicted octanol–water partition coefficient (Wildman–Crippen LogP) is 4.12. The molecule has 1 aliphatic rings. The maximum Gasteiger partial charge on any atom is 0.233 e. The molecule has 0 atom stereocenters. The number of hydrogen-bond donors (Lipinski definition) is 0. The lowest BCUT2D eigenvalue weighted by Gasteiger charge is -2.36. The molecule has 0 radical (unpaired) electrons. The van der Waals surface area contributed by atoms with Gasteiger partial charge in [-0.3, -0.25) is 9.59 Å². The van der Waals surface area contributed by atoms with Crippen molar-refractivity contribution in [3.8, 4) is 0 Å². The van der Waals surface area contributed by atoms with E-state index in [4.69, 9.17) is 11.6 Å². The van der Waals surface area contributed by atoms with Crippen LogP contribution >= 0.6 is 23.4 Å². The van der Waals surface area contributed by atoms with E-state index in [0.717, 1.165) is 4.90 Å². The number of hydrogen-bond acceptors (Lipinski definition) is 4. The molecule has 0 aliphatic carbocycles. The highest BCUT2D eigenvalue weighted by molar-refractivity contribution is 8.00. The van der Waals surface area contributed by atoms with E-state index >= 15 is 0 Å². The molecule has 0 N–H and O–H groups in total. The third-order valence-corrected chi connectivity index (χ3v) is 5.75. The average Bonchev–Trinajstić information content (AvgIpc) is 2.67. The minimum atomic E-state index is -0.402. The molecular weight excluding hydrogens is 387 g/mol. The molecule has 3 rings (SSSR count). The number of carbonyl (C=O) groups is 2. The molecule has 4 nitrogen and oxygen atoms in total. The fourth-order valence-corrected chi connectivity index (χ4v) is 3.87. The van der Waals surface area contributed by atoms with Gasteiger partial charge in [0.15, 0.2) is 5.78 Å². The molecule has 27 heavy (non-hydrogen) atoms. The summed E-state index contributed by atoms with van der Waals surface area (Å²) in [5, 5.41) is 0.672. The molecule has 142 valence electrons. The lowest BCUT2D eigenvalue weighted by Crippen LogP contribution is -2.49. The van der Waals surface area contributed by atoms with Gasteiger partial charge in [-0.1, -0.05) is 11.6 Å². The van der Waals surface area contributed by atoms with Crippen LogP contribution in [0.2, 0.25) is 5.02 Å². The summed E-state index contributed by atoms with van der Waals surface area (Å²) >= 11 is 7.34. The Morgan fingerprint density at radius 3 is 2.33 bits per heavy atom. The molecule has 7 heteroatoms. The zero-order chi connectivity index (χ0) is 19.4. The molecule has 0 aromatic heterocycles. The molecule has 2 aromatic carbocycles. The number of ketones is 1. The van der Waals surface area contributed by atoms with Crippen molar-refractivity contribution >= 4 is 40.7 Å². The van der Waals surface area contributed by atoms with Gasteiger partial charge in [0.05, 0.1) is 11.4 Å². The van der Waals surface area contributed by atoms with Crippen molar-refractivity contribution in [3.63, 3.8) is 0 Å². The number of Topliss-reactive ketones (excluding diaryl/α,β-unsaturated/α-hetero) is 1. The Morgan fingerprint density at radius 2 is 1.74 bits per heavy atom. The summed E-state index contributed by atoms with van der Waals surface area (Å²) in [5.74, 6) is -0.125. The Kier molecular flexibility index (Phi) is 6.39. The summed E-state index contributed by atoms with van der Waals surface area (Å²) in [6.07, 6.45) is 0. The summed E-state index contributed by atoms with van der Waals surface area (Å²) in [6.45, 7) is 3.64. The van der Waals surface area contributed by atoms with Crippen LogP contribution < -0.4 is 4.90 Å². The van der Waals surface area contributed by atoms with E-state index in [2.05, 4.69) is 0 Å². The van der Waals surface area contributed by atoms with E-state index in [1.807, 2.05) is 17.0 Å². The van der Waals surface area contributed by atoms with Crippen LogP contribution in [0.15, 0.2) is 47.4 Å². The number of anilines is 1. The normalized spacial score (nSPS) is 14.3. The number of nitrogens with zero attached hydrogens (tertiary/aromatic N) is 2. The highest BCUT2D eigenvalue weighted by Crippen LogP contribution is 2.24. The van der Waals surface area contributed by atoms with Crippen molar-refractivity contribution in [2.24, 2.45) is 0 Å². The van der Waals surface area contributed by atoms with Gasteiger partial charge in [-0.05, 0) is 49.4 Å². The first kappa shape index (κ1) is 19.7. The van der Waals surface area contributed by atoms with Gasteiger partial charge in [-0.15, -0.1) is 11.8 Å². The van der Waals surface area contributed by atoms with Gasteiger partial charge in [-0.2, -0.15) is 0 Å². The molecule has 1 saturated heterocycles. The van der Waals surface area contributed by atoms with E-state index < -0.39 is 5.82 Å². The van der Waals surface area contributed by atoms with Crippen molar-refractivity contribution in [3.05, 3.63) is 58.9 Å². The SMILES string of the molecule is CC(=O)c1ccc(N2CCN(C(=O)CSc3ccc(Cl)cc3)CC2)c(F)c1. The molecule has 0 saturated carbocycles. The van der Waals surface area contributed by atoms with Crippen LogP contribution in [-0.2, 0) is 4.79 Å². The first-order valence-electron chi connectivity index (χ1n) is 8.65. The third-order valence-electron chi connectivity index (χ3n) is 4.50. The Morgan fingerprint density at radius 1 is 1.07 bits per heavy atom. The van der Waals surface area contributed by atoms with Crippen LogP contribution in [-0.4, -0.2) is 48.5 Å². The largest absolute Gasteiger partial charge is 0.366 e. The number of amides is 1. The van der Waals surface area contributed by atoms with E-state index in [-0.39, 0.29) is 11.7 Å². The smallest absolute Gasteiger partial charge is 0.233 e. The summed E-state index contributed by atoms with van der Waals surface area (Å²) < 4.78 is 14.3. The van der Waals surface area contributed by atoms with E-state index in [9.17, 15) is 14.0 Å². The first-order chi connectivity index (χ1) is 12.9. The van der Waals surface area contributed by atoms with Crippen LogP contribution in [0, 0.1) is 5.82 Å². The van der Waals surface area contributed by atoms with Gasteiger partial charge in [-0.25, -0.2) is 4.39 Å². The highest BCUT2D eigenvalue weighted by Gasteiger charge is 2.23. The number of benzene rings is 2. The van der Waals surface area contributed by atoms with Crippen LogP contribution in [0.1, 0.15) is 17.3 Å². The molecule has 1 fully saturated rings. The quantitative estimate of drug-likeness (QED) is 0.553. The average molecular weight is 407 g/mol. The Balaban J connectivity index is 1.53. The Labute approximate surface area is 167 Å². The third kappa shape index (κ3) is 5.02. The van der Waals surface area contributed by atoms with Crippen LogP contribution in [0.3, 0.4) is 0 Å². The number of rotatable bonds is 5. The second kappa shape index (κ2) is 8.76. The van der Waals surface area contributed by atoms with Crippen molar-refractivity contribution in [1.82, 2.24) is 4.90 Å². The van der Waals surface area contributed by atoms with Crippen molar-refractivity contribution < 1.29 is 14.0 Å². The first-order valence-corrected chi connectivity index (χ1v) is 10.0. The number of halogens is 2. The topological polar surface area (TPSA) is 40.6 Å². The molecule has 0 unspecified atom stereocenters. The molecule has 1 aliphatic heterocycles. The molecular formula is C20H20ClFN2O2S. The lowest BCUT2D eigenvalue weighted by molar-refractivity contribution is -0.128. The van der Waals surface area contributed by atoms with Crippen molar-refractivity contribution in [2.45, 2.75) is 11.8 Å². The minimum absolute atomic E-state index is 0.0713. The predicted molar refractivity (Wildman–Crippen MR) is 107 cm³/mol. The monoisotopic (exact) mass is 406 g/mol. The summed E-state index contributed by atoms with van der Waals surface area (Å²) in [7, 11) is 0. The maximum atomic E-state index is 14.3. The zero-order valence-corrected chi connectivity index (χ0v) is 16.5. The zero-order valence-electron chi connectivity index (χ0n) is 15.0. The van der Waals surface area contributed by atoms with Gasteiger partial charge >= 0.3 is 0 Å². The second-order valence-corrected chi connectivity index (χ2v) is 7.82. The molecule has 0 spiro atoms. The second-order valence-electron chi connectivity index (χ2n) is 6.33. The van der Waals surface area contributed by atoms with Crippen LogP contribution in [0.5, 0.6) is 0 Å². The molecule has 1 amide bonds. The molecule has 0 bridgehead atoms. The van der Waals surface area contributed by atoms with Crippen molar-refractivity contribution in [2.75, 3.05) is 36.8 Å². The van der Waals surface area contributed by atoms with E-state index in [1.54, 1.807) is 29.2 Å². The van der Waals surface area contributed by atoms with Crippen LogP contribution in [0.25, 0.3) is 0 Å². The number of carbonyl (C=O) groups excluding carboxylic acids is 2. The molecule has 1 heterocycles. The fraction of sp³-hybridized carbons (Fsp3) is 0.300. The van der Waals surface area contributed by atoms with Crippen molar-refractivity contribution in [1.29, 1.82) is 0 Å². The van der Waals surface area contributed by atoms with Gasteiger partial charge in [0.1, 0.15) is 5.82 Å². The fourth-order valence-electron chi connectivity index (χ4n) is 2.95. The van der Waals surface area contributed by atoms with E-state index in [0.29, 0.717) is 48.2 Å². The summed E-state index contributed by atoms with van der Waals surface area (Å²) in [5.41, 5.74) is 0.840. The summed E-state index contributed by atoms with van der Waals surface area (Å²) in [4.78, 5) is 28.5. The van der Waals surface area contributed by atoms with Gasteiger partial charge in [0.2, 0.25) is 5.91 Å². The standard InChI is InChI=1S/C20H20ClFN2O2S/c1-14(25)15-2-7-19(18(22)12-15)23-8-10-24(11-9-23)20(26)13-27-17-5-3-16(21)4-6-17/h2-7,12H,8-11,13H2,1H3.